The van der Waals surface area contributed by atoms with Crippen molar-refractivity contribution in [3.63, 3.8) is 0 Å². The first-order valence-electron chi connectivity index (χ1n) is 7.86. The quantitative estimate of drug-likeness (QED) is 0.713. The van der Waals surface area contributed by atoms with Gasteiger partial charge >= 0.3 is 0 Å². The second-order valence-corrected chi connectivity index (χ2v) is 7.78. The van der Waals surface area contributed by atoms with Gasteiger partial charge < -0.3 is 4.57 Å². The maximum Gasteiger partial charge on any atom is 0.281 e. The van der Waals surface area contributed by atoms with Crippen molar-refractivity contribution in [3.05, 3.63) is 88.7 Å². The zero-order valence-electron chi connectivity index (χ0n) is 14.0. The summed E-state index contributed by atoms with van der Waals surface area (Å²) in [7, 11) is -4.13. The highest BCUT2D eigenvalue weighted by Gasteiger charge is 2.21. The van der Waals surface area contributed by atoms with E-state index in [1.54, 1.807) is 22.9 Å². The van der Waals surface area contributed by atoms with E-state index in [-0.39, 0.29) is 21.2 Å². The molecule has 6 nitrogen and oxygen atoms in total. The number of nitrogens with zero attached hydrogens (tertiary/aromatic N) is 2. The van der Waals surface area contributed by atoms with Crippen LogP contribution < -0.4 is 4.72 Å². The maximum atomic E-state index is 12.5. The molecule has 3 rings (SSSR count). The smallest absolute Gasteiger partial charge is 0.281 e. The fraction of sp³-hybridized carbons (Fsp3) is 0.0526. The van der Waals surface area contributed by atoms with Gasteiger partial charge in [-0.1, -0.05) is 41.9 Å². The van der Waals surface area contributed by atoms with Gasteiger partial charge in [0, 0.05) is 12.7 Å². The van der Waals surface area contributed by atoms with Crippen molar-refractivity contribution in [1.82, 2.24) is 9.29 Å². The number of hydrogen-bond acceptors (Lipinski definition) is 4. The molecule has 27 heavy (non-hydrogen) atoms. The van der Waals surface area contributed by atoms with Crippen LogP contribution in [0.3, 0.4) is 0 Å². The minimum Gasteiger partial charge on any atom is -0.339 e. The second kappa shape index (κ2) is 7.66. The Hall–Kier alpha value is -3.08. The normalized spacial score (nSPS) is 11.0. The Bertz CT molecular complexity index is 1130. The van der Waals surface area contributed by atoms with Crippen LogP contribution in [0.2, 0.25) is 5.02 Å². The average molecular weight is 400 g/mol. The predicted octanol–water partition coefficient (Wildman–Crippen LogP) is 3.18. The van der Waals surface area contributed by atoms with Crippen molar-refractivity contribution in [1.29, 1.82) is 5.26 Å². The molecule has 0 saturated carbocycles. The van der Waals surface area contributed by atoms with E-state index in [0.29, 0.717) is 6.54 Å². The number of nitriles is 1. The van der Waals surface area contributed by atoms with Crippen LogP contribution in [-0.2, 0) is 16.6 Å². The van der Waals surface area contributed by atoms with Gasteiger partial charge in [0.05, 0.1) is 15.5 Å². The summed E-state index contributed by atoms with van der Waals surface area (Å²) in [5.41, 5.74) is 1.34. The molecule has 0 atom stereocenters. The second-order valence-electron chi connectivity index (χ2n) is 5.70. The molecule has 0 saturated heterocycles. The molecule has 0 radical (unpaired) electrons. The van der Waals surface area contributed by atoms with Crippen LogP contribution in [0.1, 0.15) is 21.6 Å². The van der Waals surface area contributed by atoms with E-state index in [1.165, 1.54) is 12.1 Å². The monoisotopic (exact) mass is 399 g/mol. The zero-order chi connectivity index (χ0) is 19.4. The molecule has 0 fully saturated rings. The number of sulfonamides is 1. The molecule has 0 spiro atoms. The lowest BCUT2D eigenvalue weighted by Gasteiger charge is -2.11. The molecule has 1 N–H and O–H groups in total. The van der Waals surface area contributed by atoms with Crippen LogP contribution in [0.5, 0.6) is 0 Å². The minimum absolute atomic E-state index is 0.000256. The van der Waals surface area contributed by atoms with E-state index < -0.39 is 15.9 Å². The van der Waals surface area contributed by atoms with Crippen molar-refractivity contribution >= 4 is 27.5 Å². The van der Waals surface area contributed by atoms with Crippen molar-refractivity contribution in [2.24, 2.45) is 0 Å². The van der Waals surface area contributed by atoms with Gasteiger partial charge in [-0.3, -0.25) is 4.79 Å². The summed E-state index contributed by atoms with van der Waals surface area (Å²) in [5, 5.41) is 8.88. The van der Waals surface area contributed by atoms with Gasteiger partial charge in [0.1, 0.15) is 11.8 Å². The number of aromatic nitrogens is 1. The molecular weight excluding hydrogens is 386 g/mol. The van der Waals surface area contributed by atoms with Crippen LogP contribution in [-0.4, -0.2) is 18.9 Å². The number of nitrogens with one attached hydrogen (secondary N) is 1. The van der Waals surface area contributed by atoms with Crippen molar-refractivity contribution < 1.29 is 13.2 Å². The molecule has 0 unspecified atom stereocenters. The fourth-order valence-electron chi connectivity index (χ4n) is 2.53. The number of carbonyl (C=O) groups excluding carboxylic acids is 1. The van der Waals surface area contributed by atoms with Crippen molar-refractivity contribution in [2.45, 2.75) is 11.4 Å². The van der Waals surface area contributed by atoms with Gasteiger partial charge in [-0.05, 0) is 35.9 Å². The van der Waals surface area contributed by atoms with E-state index in [0.717, 1.165) is 11.6 Å². The van der Waals surface area contributed by atoms with Crippen LogP contribution in [0.15, 0.2) is 71.8 Å². The van der Waals surface area contributed by atoms with Crippen LogP contribution in [0.4, 0.5) is 0 Å². The van der Waals surface area contributed by atoms with Gasteiger partial charge in [-0.15, -0.1) is 0 Å². The lowest BCUT2D eigenvalue weighted by molar-refractivity contribution is 0.0973. The third-order valence-corrected chi connectivity index (χ3v) is 5.50. The Morgan fingerprint density at radius 1 is 1.11 bits per heavy atom. The standard InChI is InChI=1S/C19H14ClN3O3S/c20-17-11-16(9-8-15(17)12-21)27(25,26)22-19(24)18-7-4-10-23(18)13-14-5-2-1-3-6-14/h1-11H,13H2,(H,22,24). The summed E-state index contributed by atoms with van der Waals surface area (Å²) in [5.74, 6) is -0.753. The maximum absolute atomic E-state index is 12.5. The summed E-state index contributed by atoms with van der Waals surface area (Å²) in [6.07, 6.45) is 1.70. The number of rotatable bonds is 5. The first-order valence-corrected chi connectivity index (χ1v) is 9.73. The van der Waals surface area contributed by atoms with Gasteiger partial charge in [0.2, 0.25) is 0 Å². The number of amides is 1. The number of halogens is 1. The largest absolute Gasteiger partial charge is 0.339 e. The van der Waals surface area contributed by atoms with Gasteiger partial charge in [-0.25, -0.2) is 13.1 Å². The van der Waals surface area contributed by atoms with Gasteiger partial charge in [0.15, 0.2) is 0 Å². The zero-order valence-corrected chi connectivity index (χ0v) is 15.5. The summed E-state index contributed by atoms with van der Waals surface area (Å²) < 4.78 is 28.6. The van der Waals surface area contributed by atoms with E-state index >= 15 is 0 Å². The Labute approximate surface area is 161 Å². The fourth-order valence-corrected chi connectivity index (χ4v) is 3.80. The topological polar surface area (TPSA) is 92.0 Å². The van der Waals surface area contributed by atoms with Crippen LogP contribution in [0, 0.1) is 11.3 Å². The lowest BCUT2D eigenvalue weighted by Crippen LogP contribution is -2.32. The molecule has 0 bridgehead atoms. The molecule has 1 amide bonds. The minimum atomic E-state index is -4.13. The first-order chi connectivity index (χ1) is 12.9. The number of benzene rings is 2. The molecule has 0 aliphatic heterocycles. The van der Waals surface area contributed by atoms with Crippen molar-refractivity contribution in [3.8, 4) is 6.07 Å². The number of hydrogen-bond donors (Lipinski definition) is 1. The first kappa shape index (κ1) is 18.7. The average Bonchev–Trinajstić information content (AvgIpc) is 3.10. The van der Waals surface area contributed by atoms with E-state index in [4.69, 9.17) is 16.9 Å². The third-order valence-electron chi connectivity index (χ3n) is 3.86. The Morgan fingerprint density at radius 3 is 2.52 bits per heavy atom. The highest BCUT2D eigenvalue weighted by atomic mass is 35.5. The highest BCUT2D eigenvalue weighted by molar-refractivity contribution is 7.90. The Kier molecular flexibility index (Phi) is 5.31. The summed E-state index contributed by atoms with van der Waals surface area (Å²) in [6, 6.07) is 18.2. The molecule has 0 aliphatic rings. The predicted molar refractivity (Wildman–Crippen MR) is 101 cm³/mol. The molecule has 2 aromatic carbocycles. The molecule has 3 aromatic rings. The summed E-state index contributed by atoms with van der Waals surface area (Å²) in [4.78, 5) is 12.3. The SMILES string of the molecule is N#Cc1ccc(S(=O)(=O)NC(=O)c2cccn2Cc2ccccc2)cc1Cl. The summed E-state index contributed by atoms with van der Waals surface area (Å²) in [6.45, 7) is 0.430. The van der Waals surface area contributed by atoms with E-state index in [1.807, 2.05) is 41.1 Å². The van der Waals surface area contributed by atoms with Gasteiger partial charge in [0.25, 0.3) is 15.9 Å². The third kappa shape index (κ3) is 4.19. The number of carbonyl (C=O) groups is 1. The molecule has 0 aliphatic carbocycles. The van der Waals surface area contributed by atoms with Crippen LogP contribution >= 0.6 is 11.6 Å². The summed E-state index contributed by atoms with van der Waals surface area (Å²) >= 11 is 5.88. The van der Waals surface area contributed by atoms with Crippen molar-refractivity contribution in [2.75, 3.05) is 0 Å². The molecule has 136 valence electrons. The Balaban J connectivity index is 1.82. The van der Waals surface area contributed by atoms with E-state index in [2.05, 4.69) is 0 Å². The van der Waals surface area contributed by atoms with E-state index in [9.17, 15) is 13.2 Å². The lowest BCUT2D eigenvalue weighted by atomic mass is 10.2. The molecular formula is C19H14ClN3O3S. The molecule has 1 aromatic heterocycles. The van der Waals surface area contributed by atoms with Gasteiger partial charge in [-0.2, -0.15) is 5.26 Å². The molecule has 8 heteroatoms. The highest BCUT2D eigenvalue weighted by Crippen LogP contribution is 2.20. The van der Waals surface area contributed by atoms with Crippen LogP contribution in [0.25, 0.3) is 0 Å². The Morgan fingerprint density at radius 2 is 1.85 bits per heavy atom. The molecule has 1 heterocycles.